The van der Waals surface area contributed by atoms with E-state index < -0.39 is 11.9 Å². The lowest BCUT2D eigenvalue weighted by molar-refractivity contribution is 0.543. The maximum Gasteiger partial charge on any atom is 0.151 e. The third-order valence-corrected chi connectivity index (χ3v) is 3.65. The molecule has 7 heteroatoms. The van der Waals surface area contributed by atoms with Gasteiger partial charge in [-0.15, -0.1) is 0 Å². The molecule has 0 bridgehead atoms. The predicted octanol–water partition coefficient (Wildman–Crippen LogP) is 2.58. The minimum atomic E-state index is -0.656. The maximum absolute atomic E-state index is 14.1. The van der Waals surface area contributed by atoms with Crippen molar-refractivity contribution < 1.29 is 4.39 Å². The van der Waals surface area contributed by atoms with Crippen LogP contribution < -0.4 is 11.3 Å². The lowest BCUT2D eigenvalue weighted by atomic mass is 10.1. The van der Waals surface area contributed by atoms with E-state index in [0.717, 1.165) is 0 Å². The fraction of sp³-hybridized carbons (Fsp3) is 0.0909. The molecule has 0 radical (unpaired) electrons. The highest BCUT2D eigenvalue weighted by molar-refractivity contribution is 9.10. The van der Waals surface area contributed by atoms with Gasteiger partial charge in [0.25, 0.3) is 0 Å². The van der Waals surface area contributed by atoms with Crippen molar-refractivity contribution in [3.63, 3.8) is 0 Å². The van der Waals surface area contributed by atoms with Crippen LogP contribution in [-0.4, -0.2) is 9.97 Å². The van der Waals surface area contributed by atoms with Gasteiger partial charge >= 0.3 is 0 Å². The number of benzene rings is 1. The third-order valence-electron chi connectivity index (χ3n) is 2.39. The maximum atomic E-state index is 14.1. The molecule has 0 aliphatic rings. The summed E-state index contributed by atoms with van der Waals surface area (Å²) in [6.07, 6.45) is 3.12. The molecule has 1 aromatic heterocycles. The number of aromatic nitrogens is 2. The molecule has 2 aromatic rings. The Morgan fingerprint density at radius 3 is 2.61 bits per heavy atom. The Morgan fingerprint density at radius 1 is 1.33 bits per heavy atom. The smallest absolute Gasteiger partial charge is 0.151 e. The summed E-state index contributed by atoms with van der Waals surface area (Å²) >= 11 is 8.99. The molecule has 18 heavy (non-hydrogen) atoms. The molecule has 1 aromatic carbocycles. The summed E-state index contributed by atoms with van der Waals surface area (Å²) in [4.78, 5) is 8.09. The zero-order valence-corrected chi connectivity index (χ0v) is 11.4. The van der Waals surface area contributed by atoms with Gasteiger partial charge in [-0.3, -0.25) is 5.84 Å². The Labute approximate surface area is 116 Å². The molecule has 1 unspecified atom stereocenters. The SMILES string of the molecule is NNC(c1ncccn1)c1ccc(Br)c(Cl)c1F. The highest BCUT2D eigenvalue weighted by atomic mass is 79.9. The molecule has 0 aliphatic carbocycles. The standard InChI is InChI=1S/C11H9BrClFN4/c12-7-3-2-6(9(14)8(7)13)10(18-15)11-16-4-1-5-17-11/h1-5,10,18H,15H2. The first-order chi connectivity index (χ1) is 8.65. The van der Waals surface area contributed by atoms with Crippen molar-refractivity contribution in [2.75, 3.05) is 0 Å². The third kappa shape index (κ3) is 2.51. The van der Waals surface area contributed by atoms with Crippen LogP contribution in [0.4, 0.5) is 4.39 Å². The van der Waals surface area contributed by atoms with Crippen molar-refractivity contribution in [3.8, 4) is 0 Å². The van der Waals surface area contributed by atoms with Crippen molar-refractivity contribution >= 4 is 27.5 Å². The quantitative estimate of drug-likeness (QED) is 0.515. The van der Waals surface area contributed by atoms with E-state index in [1.54, 1.807) is 30.6 Å². The van der Waals surface area contributed by atoms with E-state index in [1.807, 2.05) is 0 Å². The number of hydrazine groups is 1. The molecule has 1 atom stereocenters. The predicted molar refractivity (Wildman–Crippen MR) is 70.3 cm³/mol. The number of halogens is 3. The second-order valence-electron chi connectivity index (χ2n) is 3.47. The van der Waals surface area contributed by atoms with Crippen LogP contribution in [0.2, 0.25) is 5.02 Å². The topological polar surface area (TPSA) is 63.8 Å². The molecular formula is C11H9BrClFN4. The van der Waals surface area contributed by atoms with E-state index in [1.165, 1.54) is 0 Å². The normalized spacial score (nSPS) is 12.4. The van der Waals surface area contributed by atoms with E-state index in [9.17, 15) is 4.39 Å². The number of hydrogen-bond acceptors (Lipinski definition) is 4. The number of nitrogens with zero attached hydrogens (tertiary/aromatic N) is 2. The van der Waals surface area contributed by atoms with Crippen LogP contribution >= 0.6 is 27.5 Å². The molecule has 94 valence electrons. The Balaban J connectivity index is 2.50. The van der Waals surface area contributed by atoms with Gasteiger partial charge in [0, 0.05) is 22.4 Å². The molecule has 0 amide bonds. The summed E-state index contributed by atoms with van der Waals surface area (Å²) in [6, 6.07) is 4.24. The van der Waals surface area contributed by atoms with Gasteiger partial charge in [0.2, 0.25) is 0 Å². The van der Waals surface area contributed by atoms with Gasteiger partial charge in [-0.25, -0.2) is 19.8 Å². The molecule has 0 saturated carbocycles. The average Bonchev–Trinajstić information content (AvgIpc) is 2.41. The van der Waals surface area contributed by atoms with Gasteiger partial charge in [-0.1, -0.05) is 17.7 Å². The van der Waals surface area contributed by atoms with Gasteiger partial charge in [0.15, 0.2) is 5.82 Å². The monoisotopic (exact) mass is 330 g/mol. The zero-order valence-electron chi connectivity index (χ0n) is 9.07. The van der Waals surface area contributed by atoms with Crippen LogP contribution in [0.25, 0.3) is 0 Å². The van der Waals surface area contributed by atoms with Gasteiger partial charge in [-0.2, -0.15) is 0 Å². The summed E-state index contributed by atoms with van der Waals surface area (Å²) in [6.45, 7) is 0. The van der Waals surface area contributed by atoms with Crippen LogP contribution in [0, 0.1) is 5.82 Å². The first-order valence-electron chi connectivity index (χ1n) is 5.01. The van der Waals surface area contributed by atoms with E-state index in [4.69, 9.17) is 17.4 Å². The molecule has 0 saturated heterocycles. The molecular weight excluding hydrogens is 323 g/mol. The number of rotatable bonds is 3. The number of hydrogen-bond donors (Lipinski definition) is 2. The largest absolute Gasteiger partial charge is 0.270 e. The van der Waals surface area contributed by atoms with Crippen molar-refractivity contribution in [1.82, 2.24) is 15.4 Å². The van der Waals surface area contributed by atoms with Crippen LogP contribution in [-0.2, 0) is 0 Å². The molecule has 1 heterocycles. The van der Waals surface area contributed by atoms with Gasteiger partial charge < -0.3 is 0 Å². The molecule has 3 N–H and O–H groups in total. The molecule has 2 rings (SSSR count). The van der Waals surface area contributed by atoms with Crippen LogP contribution in [0.3, 0.4) is 0 Å². The highest BCUT2D eigenvalue weighted by Crippen LogP contribution is 2.31. The fourth-order valence-electron chi connectivity index (χ4n) is 1.53. The summed E-state index contributed by atoms with van der Waals surface area (Å²) in [5.41, 5.74) is 2.77. The van der Waals surface area contributed by atoms with Crippen molar-refractivity contribution in [3.05, 3.63) is 57.3 Å². The lowest BCUT2D eigenvalue weighted by Gasteiger charge is -2.16. The van der Waals surface area contributed by atoms with E-state index in [-0.39, 0.29) is 10.6 Å². The first-order valence-corrected chi connectivity index (χ1v) is 6.18. The number of nitrogens with one attached hydrogen (secondary N) is 1. The number of nitrogens with two attached hydrogens (primary N) is 1. The summed E-state index contributed by atoms with van der Waals surface area (Å²) in [7, 11) is 0. The zero-order chi connectivity index (χ0) is 13.1. The van der Waals surface area contributed by atoms with Crippen LogP contribution in [0.5, 0.6) is 0 Å². The van der Waals surface area contributed by atoms with Crippen LogP contribution in [0.15, 0.2) is 35.1 Å². The minimum Gasteiger partial charge on any atom is -0.270 e. The summed E-state index contributed by atoms with van der Waals surface area (Å²) in [5.74, 6) is 5.26. The summed E-state index contributed by atoms with van der Waals surface area (Å²) < 4.78 is 14.6. The van der Waals surface area contributed by atoms with Gasteiger partial charge in [0.05, 0.1) is 5.02 Å². The van der Waals surface area contributed by atoms with E-state index in [0.29, 0.717) is 10.3 Å². The minimum absolute atomic E-state index is 0.00341. The first kappa shape index (κ1) is 13.4. The van der Waals surface area contributed by atoms with Gasteiger partial charge in [-0.05, 0) is 28.1 Å². The average molecular weight is 332 g/mol. The Bertz CT molecular complexity index is 552. The van der Waals surface area contributed by atoms with E-state index in [2.05, 4.69) is 31.3 Å². The van der Waals surface area contributed by atoms with Crippen molar-refractivity contribution in [2.24, 2.45) is 5.84 Å². The Hall–Kier alpha value is -1.08. The fourth-order valence-corrected chi connectivity index (χ4v) is 2.01. The van der Waals surface area contributed by atoms with Gasteiger partial charge in [0.1, 0.15) is 11.9 Å². The molecule has 4 nitrogen and oxygen atoms in total. The highest BCUT2D eigenvalue weighted by Gasteiger charge is 2.21. The molecule has 0 fully saturated rings. The van der Waals surface area contributed by atoms with Crippen molar-refractivity contribution in [2.45, 2.75) is 6.04 Å². The molecule has 0 spiro atoms. The summed E-state index contributed by atoms with van der Waals surface area (Å²) in [5, 5.41) is 0.00341. The molecule has 0 aliphatic heterocycles. The van der Waals surface area contributed by atoms with Crippen LogP contribution in [0.1, 0.15) is 17.4 Å². The van der Waals surface area contributed by atoms with Crippen molar-refractivity contribution in [1.29, 1.82) is 0 Å². The lowest BCUT2D eigenvalue weighted by Crippen LogP contribution is -2.31. The van der Waals surface area contributed by atoms with E-state index >= 15 is 0 Å². The Morgan fingerprint density at radius 2 is 2.00 bits per heavy atom. The Kier molecular flexibility index (Phi) is 4.23. The second-order valence-corrected chi connectivity index (χ2v) is 4.70. The second kappa shape index (κ2) is 5.71.